The van der Waals surface area contributed by atoms with Crippen LogP contribution >= 0.6 is 0 Å². The molecule has 1 nitrogen and oxygen atoms in total. The van der Waals surface area contributed by atoms with Gasteiger partial charge >= 0.3 is 0 Å². The fourth-order valence-corrected chi connectivity index (χ4v) is 1.99. The fraction of sp³-hybridized carbons (Fsp3) is 0.235. The zero-order chi connectivity index (χ0) is 14.0. The van der Waals surface area contributed by atoms with E-state index in [4.69, 9.17) is 0 Å². The molecule has 2 aromatic rings. The molecule has 19 heavy (non-hydrogen) atoms. The minimum absolute atomic E-state index is 0.136. The molecule has 98 valence electrons. The summed E-state index contributed by atoms with van der Waals surface area (Å²) in [6.45, 7) is 6.03. The van der Waals surface area contributed by atoms with E-state index in [1.54, 1.807) is 24.3 Å². The molecule has 0 aliphatic carbocycles. The molecule has 0 aliphatic heterocycles. The number of benzene rings is 2. The van der Waals surface area contributed by atoms with Gasteiger partial charge in [0.15, 0.2) is 5.78 Å². The molecular formula is C17H17FO. The predicted octanol–water partition coefficient (Wildman–Crippen LogP) is 4.49. The van der Waals surface area contributed by atoms with Gasteiger partial charge in [-0.1, -0.05) is 49.7 Å². The number of aryl methyl sites for hydroxylation is 1. The molecule has 0 heterocycles. The Morgan fingerprint density at radius 3 is 2.26 bits per heavy atom. The maximum atomic E-state index is 13.7. The average molecular weight is 256 g/mol. The van der Waals surface area contributed by atoms with Crippen molar-refractivity contribution in [1.29, 1.82) is 0 Å². The van der Waals surface area contributed by atoms with Crippen LogP contribution in [0.3, 0.4) is 0 Å². The molecule has 0 aliphatic rings. The summed E-state index contributed by atoms with van der Waals surface area (Å²) in [4.78, 5) is 12.3. The zero-order valence-corrected chi connectivity index (χ0v) is 11.4. The average Bonchev–Trinajstić information content (AvgIpc) is 2.41. The molecule has 0 saturated carbocycles. The van der Waals surface area contributed by atoms with E-state index in [9.17, 15) is 9.18 Å². The summed E-state index contributed by atoms with van der Waals surface area (Å²) in [7, 11) is 0. The summed E-state index contributed by atoms with van der Waals surface area (Å²) in [6, 6.07) is 12.0. The lowest BCUT2D eigenvalue weighted by atomic mass is 9.97. The summed E-state index contributed by atoms with van der Waals surface area (Å²) in [5.74, 6) is -0.320. The van der Waals surface area contributed by atoms with E-state index in [0.29, 0.717) is 11.5 Å². The molecule has 2 aromatic carbocycles. The Morgan fingerprint density at radius 2 is 1.68 bits per heavy atom. The van der Waals surface area contributed by atoms with Crippen molar-refractivity contribution in [3.63, 3.8) is 0 Å². The summed E-state index contributed by atoms with van der Waals surface area (Å²) in [6.07, 6.45) is 0. The van der Waals surface area contributed by atoms with Crippen molar-refractivity contribution >= 4 is 5.78 Å². The van der Waals surface area contributed by atoms with Gasteiger partial charge in [0.05, 0.1) is 5.56 Å². The molecule has 2 rings (SSSR count). The molecule has 0 unspecified atom stereocenters. The Kier molecular flexibility index (Phi) is 3.79. The van der Waals surface area contributed by atoms with Gasteiger partial charge in [0.2, 0.25) is 0 Å². The lowest BCUT2D eigenvalue weighted by Crippen LogP contribution is -2.05. The van der Waals surface area contributed by atoms with Gasteiger partial charge in [-0.15, -0.1) is 0 Å². The first-order chi connectivity index (χ1) is 8.99. The molecule has 0 N–H and O–H groups in total. The first-order valence-electron chi connectivity index (χ1n) is 6.40. The van der Waals surface area contributed by atoms with E-state index in [1.165, 1.54) is 11.6 Å². The van der Waals surface area contributed by atoms with Crippen molar-refractivity contribution in [3.8, 4) is 0 Å². The highest BCUT2D eigenvalue weighted by Crippen LogP contribution is 2.18. The number of hydrogen-bond acceptors (Lipinski definition) is 1. The highest BCUT2D eigenvalue weighted by atomic mass is 19.1. The Morgan fingerprint density at radius 1 is 1.05 bits per heavy atom. The third kappa shape index (κ3) is 2.90. The van der Waals surface area contributed by atoms with Crippen LogP contribution in [0.25, 0.3) is 0 Å². The van der Waals surface area contributed by atoms with Crippen molar-refractivity contribution in [2.75, 3.05) is 0 Å². The maximum Gasteiger partial charge on any atom is 0.195 e. The molecule has 0 bridgehead atoms. The molecule has 2 heteroatoms. The number of hydrogen-bond donors (Lipinski definition) is 0. The molecule has 0 amide bonds. The van der Waals surface area contributed by atoms with Gasteiger partial charge in [-0.25, -0.2) is 4.39 Å². The van der Waals surface area contributed by atoms with Gasteiger partial charge in [-0.3, -0.25) is 4.79 Å². The van der Waals surface area contributed by atoms with E-state index in [1.807, 2.05) is 19.1 Å². The van der Waals surface area contributed by atoms with Crippen LogP contribution in [-0.4, -0.2) is 5.78 Å². The number of carbonyl (C=O) groups is 1. The molecule has 0 spiro atoms. The molecular weight excluding hydrogens is 239 g/mol. The normalized spacial score (nSPS) is 10.8. The van der Waals surface area contributed by atoms with Crippen LogP contribution in [0.4, 0.5) is 4.39 Å². The minimum Gasteiger partial charge on any atom is -0.288 e. The number of carbonyl (C=O) groups excluding carboxylic acids is 1. The SMILES string of the molecule is Cc1ccc(F)c(C(=O)c2ccc(C(C)C)cc2)c1. The van der Waals surface area contributed by atoms with Gasteiger partial charge in [-0.2, -0.15) is 0 Å². The van der Waals surface area contributed by atoms with Gasteiger partial charge < -0.3 is 0 Å². The third-order valence-electron chi connectivity index (χ3n) is 3.21. The standard InChI is InChI=1S/C17H17FO/c1-11(2)13-5-7-14(8-6-13)17(19)15-10-12(3)4-9-16(15)18/h4-11H,1-3H3. The summed E-state index contributed by atoms with van der Waals surface area (Å²) < 4.78 is 13.7. The van der Waals surface area contributed by atoms with Crippen LogP contribution in [0.15, 0.2) is 42.5 Å². The van der Waals surface area contributed by atoms with Gasteiger partial charge in [-0.05, 0) is 30.5 Å². The van der Waals surface area contributed by atoms with Crippen LogP contribution in [-0.2, 0) is 0 Å². The molecule has 0 radical (unpaired) electrons. The highest BCUT2D eigenvalue weighted by molar-refractivity contribution is 6.09. The fourth-order valence-electron chi connectivity index (χ4n) is 1.99. The largest absolute Gasteiger partial charge is 0.288 e. The maximum absolute atomic E-state index is 13.7. The molecule has 0 fully saturated rings. The molecule has 0 saturated heterocycles. The second-order valence-corrected chi connectivity index (χ2v) is 5.09. The van der Waals surface area contributed by atoms with Crippen molar-refractivity contribution in [2.45, 2.75) is 26.7 Å². The van der Waals surface area contributed by atoms with Crippen molar-refractivity contribution in [1.82, 2.24) is 0 Å². The topological polar surface area (TPSA) is 17.1 Å². The van der Waals surface area contributed by atoms with Crippen LogP contribution in [0.2, 0.25) is 0 Å². The summed E-state index contributed by atoms with van der Waals surface area (Å²) in [5, 5.41) is 0. The highest BCUT2D eigenvalue weighted by Gasteiger charge is 2.14. The summed E-state index contributed by atoms with van der Waals surface area (Å²) in [5.41, 5.74) is 2.70. The lowest BCUT2D eigenvalue weighted by Gasteiger charge is -2.07. The smallest absolute Gasteiger partial charge is 0.195 e. The van der Waals surface area contributed by atoms with Crippen LogP contribution < -0.4 is 0 Å². The van der Waals surface area contributed by atoms with E-state index in [-0.39, 0.29) is 11.3 Å². The second kappa shape index (κ2) is 5.35. The van der Waals surface area contributed by atoms with Gasteiger partial charge in [0, 0.05) is 5.56 Å². The van der Waals surface area contributed by atoms with Gasteiger partial charge in [0.1, 0.15) is 5.82 Å². The lowest BCUT2D eigenvalue weighted by molar-refractivity contribution is 0.103. The zero-order valence-electron chi connectivity index (χ0n) is 11.4. The Bertz CT molecular complexity index is 597. The van der Waals surface area contributed by atoms with E-state index in [2.05, 4.69) is 13.8 Å². The van der Waals surface area contributed by atoms with E-state index >= 15 is 0 Å². The molecule has 0 atom stereocenters. The van der Waals surface area contributed by atoms with Crippen LogP contribution in [0.1, 0.15) is 46.8 Å². The number of halogens is 1. The summed E-state index contributed by atoms with van der Waals surface area (Å²) >= 11 is 0. The first kappa shape index (κ1) is 13.5. The number of ketones is 1. The molecule has 0 aromatic heterocycles. The Labute approximate surface area is 113 Å². The van der Waals surface area contributed by atoms with Crippen molar-refractivity contribution < 1.29 is 9.18 Å². The van der Waals surface area contributed by atoms with E-state index in [0.717, 1.165) is 5.56 Å². The Hall–Kier alpha value is -1.96. The van der Waals surface area contributed by atoms with Crippen molar-refractivity contribution in [3.05, 3.63) is 70.5 Å². The second-order valence-electron chi connectivity index (χ2n) is 5.09. The minimum atomic E-state index is -0.469. The monoisotopic (exact) mass is 256 g/mol. The third-order valence-corrected chi connectivity index (χ3v) is 3.21. The predicted molar refractivity (Wildman–Crippen MR) is 75.1 cm³/mol. The number of rotatable bonds is 3. The van der Waals surface area contributed by atoms with E-state index < -0.39 is 5.82 Å². The van der Waals surface area contributed by atoms with Crippen LogP contribution in [0, 0.1) is 12.7 Å². The van der Waals surface area contributed by atoms with Gasteiger partial charge in [0.25, 0.3) is 0 Å². The first-order valence-corrected chi connectivity index (χ1v) is 6.40. The van der Waals surface area contributed by atoms with Crippen LogP contribution in [0.5, 0.6) is 0 Å². The quantitative estimate of drug-likeness (QED) is 0.739. The Balaban J connectivity index is 2.36. The van der Waals surface area contributed by atoms with Crippen molar-refractivity contribution in [2.24, 2.45) is 0 Å².